The van der Waals surface area contributed by atoms with Gasteiger partial charge in [-0.3, -0.25) is 9.59 Å². The summed E-state index contributed by atoms with van der Waals surface area (Å²) in [6, 6.07) is 5.54. The summed E-state index contributed by atoms with van der Waals surface area (Å²) in [4.78, 5) is 27.0. The van der Waals surface area contributed by atoms with Crippen molar-refractivity contribution in [3.8, 4) is 0 Å². The summed E-state index contributed by atoms with van der Waals surface area (Å²) in [5, 5.41) is 8.82. The van der Waals surface area contributed by atoms with Gasteiger partial charge in [0.25, 0.3) is 5.91 Å². The maximum absolute atomic E-state index is 12.4. The van der Waals surface area contributed by atoms with Crippen LogP contribution in [0.5, 0.6) is 0 Å². The third kappa shape index (κ3) is 3.19. The Labute approximate surface area is 126 Å². The third-order valence-corrected chi connectivity index (χ3v) is 4.33. The number of aliphatic hydroxyl groups is 1. The van der Waals surface area contributed by atoms with Gasteiger partial charge in [0.15, 0.2) is 0 Å². The fourth-order valence-electron chi connectivity index (χ4n) is 2.17. The molecule has 1 fully saturated rings. The second-order valence-electron chi connectivity index (χ2n) is 4.80. The number of rotatable bonds is 2. The van der Waals surface area contributed by atoms with Crippen molar-refractivity contribution in [1.82, 2.24) is 9.80 Å². The number of hydrogen-bond donors (Lipinski definition) is 1. The number of amides is 2. The van der Waals surface area contributed by atoms with Crippen LogP contribution < -0.4 is 0 Å². The van der Waals surface area contributed by atoms with Crippen molar-refractivity contribution < 1.29 is 14.7 Å². The van der Waals surface area contributed by atoms with Gasteiger partial charge in [-0.2, -0.15) is 0 Å². The summed E-state index contributed by atoms with van der Waals surface area (Å²) in [6.45, 7) is 3.43. The molecule has 1 saturated heterocycles. The lowest BCUT2D eigenvalue weighted by molar-refractivity contribution is -0.135. The summed E-state index contributed by atoms with van der Waals surface area (Å²) in [5.41, 5.74) is 1.73. The first-order valence-electron chi connectivity index (χ1n) is 6.47. The van der Waals surface area contributed by atoms with Crippen molar-refractivity contribution in [2.75, 3.05) is 32.8 Å². The van der Waals surface area contributed by atoms with Crippen LogP contribution in [0.15, 0.2) is 22.7 Å². The molecule has 20 heavy (non-hydrogen) atoms. The SMILES string of the molecule is Cc1ccc(C(=O)N2CCN(C(=O)CO)CC2)cc1Br. The van der Waals surface area contributed by atoms with Gasteiger partial charge in [-0.25, -0.2) is 0 Å². The van der Waals surface area contributed by atoms with Crippen molar-refractivity contribution in [2.45, 2.75) is 6.92 Å². The Bertz CT molecular complexity index is 525. The van der Waals surface area contributed by atoms with Crippen molar-refractivity contribution in [3.63, 3.8) is 0 Å². The fourth-order valence-corrected chi connectivity index (χ4v) is 2.55. The number of halogens is 1. The number of piperazine rings is 1. The summed E-state index contributed by atoms with van der Waals surface area (Å²) in [7, 11) is 0. The molecule has 1 heterocycles. The lowest BCUT2D eigenvalue weighted by Crippen LogP contribution is -2.51. The zero-order valence-electron chi connectivity index (χ0n) is 11.3. The van der Waals surface area contributed by atoms with E-state index in [1.165, 1.54) is 0 Å². The van der Waals surface area contributed by atoms with Crippen molar-refractivity contribution in [1.29, 1.82) is 0 Å². The monoisotopic (exact) mass is 340 g/mol. The molecule has 0 radical (unpaired) electrons. The highest BCUT2D eigenvalue weighted by molar-refractivity contribution is 9.10. The number of nitrogens with zero attached hydrogens (tertiary/aromatic N) is 2. The highest BCUT2D eigenvalue weighted by Crippen LogP contribution is 2.19. The van der Waals surface area contributed by atoms with Crippen LogP contribution in [-0.2, 0) is 4.79 Å². The minimum Gasteiger partial charge on any atom is -0.387 e. The van der Waals surface area contributed by atoms with Gasteiger partial charge in [-0.1, -0.05) is 22.0 Å². The molecule has 5 nitrogen and oxygen atoms in total. The molecule has 1 aromatic carbocycles. The van der Waals surface area contributed by atoms with E-state index < -0.39 is 6.61 Å². The summed E-state index contributed by atoms with van der Waals surface area (Å²) in [5.74, 6) is -0.308. The van der Waals surface area contributed by atoms with E-state index in [1.54, 1.807) is 9.80 Å². The van der Waals surface area contributed by atoms with E-state index in [-0.39, 0.29) is 11.8 Å². The van der Waals surface area contributed by atoms with Crippen LogP contribution in [-0.4, -0.2) is 59.5 Å². The summed E-state index contributed by atoms with van der Waals surface area (Å²) >= 11 is 3.42. The first-order chi connectivity index (χ1) is 9.52. The largest absolute Gasteiger partial charge is 0.387 e. The second kappa shape index (κ2) is 6.37. The Balaban J connectivity index is 2.01. The number of benzene rings is 1. The van der Waals surface area contributed by atoms with Crippen LogP contribution >= 0.6 is 15.9 Å². The molecule has 0 atom stereocenters. The first kappa shape index (κ1) is 15.0. The molecule has 2 rings (SSSR count). The average Bonchev–Trinajstić information content (AvgIpc) is 2.48. The zero-order chi connectivity index (χ0) is 14.7. The maximum atomic E-state index is 12.4. The van der Waals surface area contributed by atoms with E-state index in [4.69, 9.17) is 5.11 Å². The molecule has 108 valence electrons. The molecule has 0 saturated carbocycles. The van der Waals surface area contributed by atoms with Gasteiger partial charge < -0.3 is 14.9 Å². The Morgan fingerprint density at radius 1 is 1.20 bits per heavy atom. The molecule has 1 aromatic rings. The molecule has 0 unspecified atom stereocenters. The molecule has 1 N–H and O–H groups in total. The zero-order valence-corrected chi connectivity index (χ0v) is 12.9. The van der Waals surface area contributed by atoms with Crippen LogP contribution in [0.2, 0.25) is 0 Å². The lowest BCUT2D eigenvalue weighted by atomic mass is 10.1. The summed E-state index contributed by atoms with van der Waals surface area (Å²) in [6.07, 6.45) is 0. The maximum Gasteiger partial charge on any atom is 0.254 e. The van der Waals surface area contributed by atoms with E-state index in [0.29, 0.717) is 31.7 Å². The number of carbonyl (C=O) groups excluding carboxylic acids is 2. The van der Waals surface area contributed by atoms with Crippen LogP contribution in [0.4, 0.5) is 0 Å². The quantitative estimate of drug-likeness (QED) is 0.874. The van der Waals surface area contributed by atoms with E-state index in [2.05, 4.69) is 15.9 Å². The molecule has 6 heteroatoms. The Hall–Kier alpha value is -1.40. The van der Waals surface area contributed by atoms with Gasteiger partial charge in [0.05, 0.1) is 0 Å². The number of hydrogen-bond acceptors (Lipinski definition) is 3. The van der Waals surface area contributed by atoms with E-state index >= 15 is 0 Å². The standard InChI is InChI=1S/C14H17BrN2O3/c1-10-2-3-11(8-12(10)15)14(20)17-6-4-16(5-7-17)13(19)9-18/h2-3,8,18H,4-7,9H2,1H3. The molecular weight excluding hydrogens is 324 g/mol. The number of aliphatic hydroxyl groups excluding tert-OH is 1. The van der Waals surface area contributed by atoms with Crippen LogP contribution in [0.1, 0.15) is 15.9 Å². The van der Waals surface area contributed by atoms with Crippen LogP contribution in [0.3, 0.4) is 0 Å². The molecule has 0 spiro atoms. The van der Waals surface area contributed by atoms with E-state index in [9.17, 15) is 9.59 Å². The Morgan fingerprint density at radius 2 is 1.80 bits per heavy atom. The van der Waals surface area contributed by atoms with Crippen LogP contribution in [0.25, 0.3) is 0 Å². The topological polar surface area (TPSA) is 60.9 Å². The fraction of sp³-hybridized carbons (Fsp3) is 0.429. The van der Waals surface area contributed by atoms with Crippen molar-refractivity contribution in [2.24, 2.45) is 0 Å². The Kier molecular flexibility index (Phi) is 4.77. The minimum absolute atomic E-state index is 0.0261. The molecule has 0 aromatic heterocycles. The lowest BCUT2D eigenvalue weighted by Gasteiger charge is -2.34. The van der Waals surface area contributed by atoms with Gasteiger partial charge in [-0.15, -0.1) is 0 Å². The van der Waals surface area contributed by atoms with Gasteiger partial charge in [0.1, 0.15) is 6.61 Å². The second-order valence-corrected chi connectivity index (χ2v) is 5.65. The molecule has 1 aliphatic rings. The van der Waals surface area contributed by atoms with Gasteiger partial charge in [0, 0.05) is 36.2 Å². The number of carbonyl (C=O) groups is 2. The van der Waals surface area contributed by atoms with Gasteiger partial charge >= 0.3 is 0 Å². The predicted molar refractivity (Wildman–Crippen MR) is 78.4 cm³/mol. The molecule has 1 aliphatic heterocycles. The Morgan fingerprint density at radius 3 is 2.35 bits per heavy atom. The van der Waals surface area contributed by atoms with Crippen molar-refractivity contribution >= 4 is 27.7 Å². The smallest absolute Gasteiger partial charge is 0.254 e. The van der Waals surface area contributed by atoms with Crippen molar-refractivity contribution in [3.05, 3.63) is 33.8 Å². The highest BCUT2D eigenvalue weighted by atomic mass is 79.9. The van der Waals surface area contributed by atoms with Gasteiger partial charge in [0.2, 0.25) is 5.91 Å². The van der Waals surface area contributed by atoms with E-state index in [0.717, 1.165) is 10.0 Å². The van der Waals surface area contributed by atoms with E-state index in [1.807, 2.05) is 25.1 Å². The predicted octanol–water partition coefficient (Wildman–Crippen LogP) is 1.03. The molecule has 0 aliphatic carbocycles. The molecule has 0 bridgehead atoms. The summed E-state index contributed by atoms with van der Waals surface area (Å²) < 4.78 is 0.914. The van der Waals surface area contributed by atoms with Gasteiger partial charge in [-0.05, 0) is 24.6 Å². The average molecular weight is 341 g/mol. The normalized spacial score (nSPS) is 15.3. The molecule has 2 amide bonds. The van der Waals surface area contributed by atoms with Crippen LogP contribution in [0, 0.1) is 6.92 Å². The first-order valence-corrected chi connectivity index (χ1v) is 7.26. The minimum atomic E-state index is -0.473. The molecular formula is C14H17BrN2O3. The number of aryl methyl sites for hydroxylation is 1. The highest BCUT2D eigenvalue weighted by Gasteiger charge is 2.24. The third-order valence-electron chi connectivity index (χ3n) is 3.47.